The number of carbonyl (C=O) groups is 1. The molecule has 0 N–H and O–H groups in total. The van der Waals surface area contributed by atoms with Crippen molar-refractivity contribution in [2.24, 2.45) is 0 Å². The summed E-state index contributed by atoms with van der Waals surface area (Å²) in [5, 5.41) is 0.409. The Bertz CT molecular complexity index is 1120. The van der Waals surface area contributed by atoms with Crippen LogP contribution in [0.3, 0.4) is 0 Å². The average molecular weight is 466 g/mol. The van der Waals surface area contributed by atoms with Crippen LogP contribution in [0.25, 0.3) is 5.76 Å². The first kappa shape index (κ1) is 22.6. The minimum atomic E-state index is -0.479. The van der Waals surface area contributed by atoms with Gasteiger partial charge in [0.25, 0.3) is 0 Å². The van der Waals surface area contributed by atoms with E-state index in [4.69, 9.17) is 30.5 Å². The van der Waals surface area contributed by atoms with Crippen molar-refractivity contribution in [1.29, 1.82) is 0 Å². The fourth-order valence-corrected chi connectivity index (χ4v) is 3.46. The van der Waals surface area contributed by atoms with Crippen molar-refractivity contribution in [3.05, 3.63) is 101 Å². The molecule has 1 aliphatic rings. The van der Waals surface area contributed by atoms with Gasteiger partial charge in [-0.1, -0.05) is 72.3 Å². The molecule has 4 rings (SSSR count). The molecule has 33 heavy (non-hydrogen) atoms. The lowest BCUT2D eigenvalue weighted by molar-refractivity contribution is 0.101. The van der Waals surface area contributed by atoms with Crippen molar-refractivity contribution >= 4 is 23.5 Å². The molecule has 3 aromatic carbocycles. The molecule has 7 heteroatoms. The zero-order chi connectivity index (χ0) is 23.0. The first-order chi connectivity index (χ1) is 16.1. The maximum absolute atomic E-state index is 12.1. The Balaban J connectivity index is 1.60. The lowest BCUT2D eigenvalue weighted by Gasteiger charge is -2.16. The SMILES string of the molecule is CCOC(=O)N1C=C(c2cc(Cl)c(OCc3ccccc3)cc2OCc2ccccc2)OC1. The molecule has 0 aliphatic carbocycles. The summed E-state index contributed by atoms with van der Waals surface area (Å²) in [7, 11) is 0. The van der Waals surface area contributed by atoms with Crippen LogP contribution < -0.4 is 9.47 Å². The van der Waals surface area contributed by atoms with E-state index in [1.807, 2.05) is 60.7 Å². The monoisotopic (exact) mass is 465 g/mol. The van der Waals surface area contributed by atoms with Gasteiger partial charge in [-0.3, -0.25) is 0 Å². The van der Waals surface area contributed by atoms with E-state index >= 15 is 0 Å². The minimum Gasteiger partial charge on any atom is -0.488 e. The maximum Gasteiger partial charge on any atom is 0.416 e. The highest BCUT2D eigenvalue weighted by Gasteiger charge is 2.25. The number of benzene rings is 3. The van der Waals surface area contributed by atoms with Crippen LogP contribution in [0.2, 0.25) is 5.02 Å². The summed E-state index contributed by atoms with van der Waals surface area (Å²) in [6.07, 6.45) is 1.11. The van der Waals surface area contributed by atoms with E-state index in [-0.39, 0.29) is 13.3 Å². The third-order valence-electron chi connectivity index (χ3n) is 4.91. The highest BCUT2D eigenvalue weighted by atomic mass is 35.5. The van der Waals surface area contributed by atoms with Gasteiger partial charge in [-0.15, -0.1) is 0 Å². The van der Waals surface area contributed by atoms with Crippen molar-refractivity contribution in [1.82, 2.24) is 4.90 Å². The van der Waals surface area contributed by atoms with Crippen LogP contribution >= 0.6 is 11.6 Å². The molecule has 0 fully saturated rings. The number of rotatable bonds is 8. The summed E-state index contributed by atoms with van der Waals surface area (Å²) in [6.45, 7) is 2.80. The molecule has 0 saturated heterocycles. The number of amides is 1. The van der Waals surface area contributed by atoms with Gasteiger partial charge in [-0.2, -0.15) is 0 Å². The molecule has 0 unspecified atom stereocenters. The molecule has 1 heterocycles. The summed E-state index contributed by atoms with van der Waals surface area (Å²) in [6, 6.07) is 23.1. The average Bonchev–Trinajstić information content (AvgIpc) is 3.34. The van der Waals surface area contributed by atoms with E-state index in [0.717, 1.165) is 11.1 Å². The smallest absolute Gasteiger partial charge is 0.416 e. The highest BCUT2D eigenvalue weighted by molar-refractivity contribution is 6.32. The van der Waals surface area contributed by atoms with E-state index < -0.39 is 6.09 Å². The van der Waals surface area contributed by atoms with Gasteiger partial charge < -0.3 is 18.9 Å². The third kappa shape index (κ3) is 5.79. The zero-order valence-electron chi connectivity index (χ0n) is 18.2. The van der Waals surface area contributed by atoms with E-state index in [1.54, 1.807) is 25.3 Å². The largest absolute Gasteiger partial charge is 0.488 e. The molecular formula is C26H24ClNO5. The second kappa shape index (κ2) is 10.8. The van der Waals surface area contributed by atoms with Crippen LogP contribution in [0.5, 0.6) is 11.5 Å². The van der Waals surface area contributed by atoms with Crippen LogP contribution in [0.1, 0.15) is 23.6 Å². The first-order valence-corrected chi connectivity index (χ1v) is 11.0. The first-order valence-electron chi connectivity index (χ1n) is 10.6. The van der Waals surface area contributed by atoms with Crippen molar-refractivity contribution in [3.8, 4) is 11.5 Å². The van der Waals surface area contributed by atoms with E-state index in [9.17, 15) is 4.79 Å². The third-order valence-corrected chi connectivity index (χ3v) is 5.20. The molecule has 0 atom stereocenters. The van der Waals surface area contributed by atoms with Gasteiger partial charge in [0.2, 0.25) is 0 Å². The molecular weight excluding hydrogens is 442 g/mol. The minimum absolute atomic E-state index is 0.0518. The van der Waals surface area contributed by atoms with Gasteiger partial charge in [0.05, 0.1) is 23.4 Å². The molecule has 0 bridgehead atoms. The fourth-order valence-electron chi connectivity index (χ4n) is 3.24. The number of ether oxygens (including phenoxy) is 4. The van der Waals surface area contributed by atoms with Gasteiger partial charge in [0.1, 0.15) is 30.5 Å². The molecule has 0 radical (unpaired) electrons. The Morgan fingerprint density at radius 2 is 1.55 bits per heavy atom. The quantitative estimate of drug-likeness (QED) is 0.394. The maximum atomic E-state index is 12.1. The predicted molar refractivity (Wildman–Crippen MR) is 126 cm³/mol. The predicted octanol–water partition coefficient (Wildman–Crippen LogP) is 6.24. The Morgan fingerprint density at radius 1 is 0.939 bits per heavy atom. The topological polar surface area (TPSA) is 57.2 Å². The lowest BCUT2D eigenvalue weighted by atomic mass is 10.1. The van der Waals surface area contributed by atoms with Gasteiger partial charge in [-0.25, -0.2) is 9.69 Å². The van der Waals surface area contributed by atoms with E-state index in [0.29, 0.717) is 41.1 Å². The number of hydrogen-bond donors (Lipinski definition) is 0. The molecule has 0 aromatic heterocycles. The second-order valence-electron chi connectivity index (χ2n) is 7.26. The van der Waals surface area contributed by atoms with Crippen LogP contribution in [-0.4, -0.2) is 24.3 Å². The summed E-state index contributed by atoms with van der Waals surface area (Å²) in [5.41, 5.74) is 2.66. The highest BCUT2D eigenvalue weighted by Crippen LogP contribution is 2.39. The lowest BCUT2D eigenvalue weighted by Crippen LogP contribution is -2.24. The van der Waals surface area contributed by atoms with Gasteiger partial charge in [-0.05, 0) is 24.1 Å². The van der Waals surface area contributed by atoms with Crippen molar-refractivity contribution in [2.45, 2.75) is 20.1 Å². The summed E-state index contributed by atoms with van der Waals surface area (Å²) < 4.78 is 22.9. The van der Waals surface area contributed by atoms with Crippen LogP contribution in [0.15, 0.2) is 79.0 Å². The molecule has 6 nitrogen and oxygen atoms in total. The number of nitrogens with zero attached hydrogens (tertiary/aromatic N) is 1. The molecule has 0 saturated carbocycles. The van der Waals surface area contributed by atoms with E-state index in [2.05, 4.69) is 0 Å². The van der Waals surface area contributed by atoms with Crippen molar-refractivity contribution < 1.29 is 23.7 Å². The molecule has 170 valence electrons. The molecule has 1 amide bonds. The number of carbonyl (C=O) groups excluding carboxylic acids is 1. The van der Waals surface area contributed by atoms with Gasteiger partial charge in [0.15, 0.2) is 6.73 Å². The number of hydrogen-bond acceptors (Lipinski definition) is 5. The second-order valence-corrected chi connectivity index (χ2v) is 7.67. The Kier molecular flexibility index (Phi) is 7.37. The normalized spacial score (nSPS) is 12.7. The summed E-state index contributed by atoms with van der Waals surface area (Å²) in [5.74, 6) is 1.49. The van der Waals surface area contributed by atoms with Crippen LogP contribution in [0, 0.1) is 0 Å². The number of halogens is 1. The van der Waals surface area contributed by atoms with Crippen molar-refractivity contribution in [2.75, 3.05) is 13.3 Å². The Hall–Kier alpha value is -3.64. The van der Waals surface area contributed by atoms with Crippen molar-refractivity contribution in [3.63, 3.8) is 0 Å². The van der Waals surface area contributed by atoms with Gasteiger partial charge >= 0.3 is 6.09 Å². The molecule has 1 aliphatic heterocycles. The Labute approximate surface area is 197 Å². The standard InChI is InChI=1S/C26H24ClNO5/c1-2-30-26(29)28-15-25(33-18-28)21-13-22(27)24(32-17-20-11-7-4-8-12-20)14-23(21)31-16-19-9-5-3-6-10-19/h3-15H,2,16-18H2,1H3. The fraction of sp³-hybridized carbons (Fsp3) is 0.192. The Morgan fingerprint density at radius 3 is 2.15 bits per heavy atom. The molecule has 0 spiro atoms. The molecule has 3 aromatic rings. The zero-order valence-corrected chi connectivity index (χ0v) is 19.0. The van der Waals surface area contributed by atoms with Crippen LogP contribution in [-0.2, 0) is 22.7 Å². The van der Waals surface area contributed by atoms with E-state index in [1.165, 1.54) is 4.90 Å². The summed E-state index contributed by atoms with van der Waals surface area (Å²) >= 11 is 6.54. The summed E-state index contributed by atoms with van der Waals surface area (Å²) in [4.78, 5) is 13.4. The van der Waals surface area contributed by atoms with Gasteiger partial charge in [0, 0.05) is 6.07 Å². The van der Waals surface area contributed by atoms with Crippen LogP contribution in [0.4, 0.5) is 4.79 Å².